The molecule has 0 heterocycles. The summed E-state index contributed by atoms with van der Waals surface area (Å²) in [5.74, 6) is 0.0676. The molecule has 0 aliphatic carbocycles. The molecule has 0 aliphatic heterocycles. The number of rotatable bonds is 8. The van der Waals surface area contributed by atoms with Gasteiger partial charge in [0.2, 0.25) is 0 Å². The number of aryl methyl sites for hydroxylation is 1. The Morgan fingerprint density at radius 3 is 2.23 bits per heavy atom. The van der Waals surface area contributed by atoms with Crippen LogP contribution in [0.25, 0.3) is 11.1 Å². The fourth-order valence-corrected chi connectivity index (χ4v) is 2.44. The maximum Gasteiger partial charge on any atom is 0.165 e. The summed E-state index contributed by atoms with van der Waals surface area (Å²) in [6, 6.07) is 13.5. The van der Waals surface area contributed by atoms with Crippen molar-refractivity contribution in [2.45, 2.75) is 46.0 Å². The van der Waals surface area contributed by atoms with E-state index in [0.717, 1.165) is 30.4 Å². The molecule has 0 saturated carbocycles. The van der Waals surface area contributed by atoms with Gasteiger partial charge in [0.1, 0.15) is 0 Å². The Kier molecular flexibility index (Phi) is 6.45. The van der Waals surface area contributed by atoms with Gasteiger partial charge in [-0.05, 0) is 41.7 Å². The molecule has 0 saturated heterocycles. The molecule has 0 N–H and O–H groups in total. The zero-order valence-electron chi connectivity index (χ0n) is 13.6. The van der Waals surface area contributed by atoms with E-state index < -0.39 is 0 Å². The van der Waals surface area contributed by atoms with Crippen LogP contribution in [0.5, 0.6) is 5.75 Å². The Morgan fingerprint density at radius 2 is 1.59 bits per heavy atom. The van der Waals surface area contributed by atoms with E-state index in [-0.39, 0.29) is 5.82 Å². The van der Waals surface area contributed by atoms with Gasteiger partial charge in [-0.15, -0.1) is 0 Å². The Labute approximate surface area is 133 Å². The molecule has 2 aromatic carbocycles. The average Bonchev–Trinajstić information content (AvgIpc) is 2.56. The zero-order valence-corrected chi connectivity index (χ0v) is 13.6. The molecule has 2 rings (SSSR count). The van der Waals surface area contributed by atoms with Gasteiger partial charge in [0.15, 0.2) is 11.6 Å². The Bertz CT molecular complexity index is 575. The fraction of sp³-hybridized carbons (Fsp3) is 0.400. The summed E-state index contributed by atoms with van der Waals surface area (Å²) >= 11 is 0. The van der Waals surface area contributed by atoms with Gasteiger partial charge >= 0.3 is 0 Å². The van der Waals surface area contributed by atoms with Crippen molar-refractivity contribution in [3.05, 3.63) is 53.8 Å². The molecule has 0 amide bonds. The van der Waals surface area contributed by atoms with Gasteiger partial charge < -0.3 is 4.74 Å². The van der Waals surface area contributed by atoms with Crippen molar-refractivity contribution in [3.8, 4) is 16.9 Å². The van der Waals surface area contributed by atoms with E-state index >= 15 is 0 Å². The zero-order chi connectivity index (χ0) is 15.8. The van der Waals surface area contributed by atoms with E-state index in [2.05, 4.69) is 26.0 Å². The minimum atomic E-state index is -0.285. The summed E-state index contributed by atoms with van der Waals surface area (Å²) in [7, 11) is 0. The molecule has 0 radical (unpaired) electrons. The molecule has 0 unspecified atom stereocenters. The lowest BCUT2D eigenvalue weighted by molar-refractivity contribution is 0.290. The van der Waals surface area contributed by atoms with Crippen molar-refractivity contribution in [2.24, 2.45) is 0 Å². The number of hydrogen-bond donors (Lipinski definition) is 0. The van der Waals surface area contributed by atoms with E-state index in [4.69, 9.17) is 4.74 Å². The third-order valence-electron chi connectivity index (χ3n) is 3.88. The summed E-state index contributed by atoms with van der Waals surface area (Å²) in [6.45, 7) is 4.88. The minimum Gasteiger partial charge on any atom is -0.491 e. The predicted octanol–water partition coefficient (Wildman–Crippen LogP) is 6.01. The summed E-state index contributed by atoms with van der Waals surface area (Å²) in [4.78, 5) is 0. The first kappa shape index (κ1) is 16.5. The van der Waals surface area contributed by atoms with Crippen LogP contribution in [0, 0.1) is 5.82 Å². The predicted molar refractivity (Wildman–Crippen MR) is 90.9 cm³/mol. The van der Waals surface area contributed by atoms with Gasteiger partial charge in [0.05, 0.1) is 6.61 Å². The van der Waals surface area contributed by atoms with E-state index in [9.17, 15) is 4.39 Å². The van der Waals surface area contributed by atoms with E-state index in [1.165, 1.54) is 18.4 Å². The summed E-state index contributed by atoms with van der Waals surface area (Å²) in [6.07, 6.45) is 5.53. The Hall–Kier alpha value is -1.83. The fourth-order valence-electron chi connectivity index (χ4n) is 2.44. The Balaban J connectivity index is 1.99. The molecule has 1 nitrogen and oxygen atoms in total. The van der Waals surface area contributed by atoms with Crippen molar-refractivity contribution in [2.75, 3.05) is 6.61 Å². The van der Waals surface area contributed by atoms with E-state index in [1.807, 2.05) is 18.2 Å². The third kappa shape index (κ3) is 4.59. The van der Waals surface area contributed by atoms with E-state index in [0.29, 0.717) is 12.4 Å². The number of benzene rings is 2. The van der Waals surface area contributed by atoms with Crippen molar-refractivity contribution >= 4 is 0 Å². The van der Waals surface area contributed by atoms with Gasteiger partial charge in [-0.1, -0.05) is 63.4 Å². The quantitative estimate of drug-likeness (QED) is 0.542. The van der Waals surface area contributed by atoms with Crippen LogP contribution in [0.15, 0.2) is 42.5 Å². The van der Waals surface area contributed by atoms with Crippen molar-refractivity contribution in [3.63, 3.8) is 0 Å². The smallest absolute Gasteiger partial charge is 0.165 e. The van der Waals surface area contributed by atoms with Crippen molar-refractivity contribution < 1.29 is 9.13 Å². The van der Waals surface area contributed by atoms with Gasteiger partial charge in [-0.2, -0.15) is 0 Å². The van der Waals surface area contributed by atoms with Crippen molar-refractivity contribution in [1.29, 1.82) is 0 Å². The molecule has 0 aromatic heterocycles. The number of unbranched alkanes of at least 4 members (excludes halogenated alkanes) is 3. The summed E-state index contributed by atoms with van der Waals surface area (Å²) < 4.78 is 19.7. The lowest BCUT2D eigenvalue weighted by atomic mass is 10.0. The number of hydrogen-bond acceptors (Lipinski definition) is 1. The lowest BCUT2D eigenvalue weighted by Crippen LogP contribution is -1.99. The molecule has 0 fully saturated rings. The van der Waals surface area contributed by atoms with Crippen LogP contribution in [-0.2, 0) is 6.42 Å². The van der Waals surface area contributed by atoms with Gasteiger partial charge in [-0.25, -0.2) is 4.39 Å². The monoisotopic (exact) mass is 300 g/mol. The second-order valence-electron chi connectivity index (χ2n) is 5.60. The van der Waals surface area contributed by atoms with E-state index in [1.54, 1.807) is 12.1 Å². The topological polar surface area (TPSA) is 9.23 Å². The molecule has 22 heavy (non-hydrogen) atoms. The number of ether oxygens (including phenoxy) is 1. The first-order valence-electron chi connectivity index (χ1n) is 8.26. The largest absolute Gasteiger partial charge is 0.491 e. The second-order valence-corrected chi connectivity index (χ2v) is 5.60. The molecule has 118 valence electrons. The Morgan fingerprint density at radius 1 is 0.864 bits per heavy atom. The molecule has 0 spiro atoms. The van der Waals surface area contributed by atoms with Crippen LogP contribution in [0.3, 0.4) is 0 Å². The SMILES string of the molecule is CCCCCCOc1ccc(-c2ccc(CC)cc2)cc1F. The third-order valence-corrected chi connectivity index (χ3v) is 3.88. The van der Waals surface area contributed by atoms with Crippen LogP contribution in [0.2, 0.25) is 0 Å². The highest BCUT2D eigenvalue weighted by molar-refractivity contribution is 5.64. The van der Waals surface area contributed by atoms with Gasteiger partial charge in [0.25, 0.3) is 0 Å². The molecule has 2 heteroatoms. The normalized spacial score (nSPS) is 10.7. The summed E-state index contributed by atoms with van der Waals surface area (Å²) in [5, 5.41) is 0. The summed E-state index contributed by atoms with van der Waals surface area (Å²) in [5.41, 5.74) is 3.21. The van der Waals surface area contributed by atoms with Crippen molar-refractivity contribution in [1.82, 2.24) is 0 Å². The minimum absolute atomic E-state index is 0.285. The highest BCUT2D eigenvalue weighted by atomic mass is 19.1. The molecule has 2 aromatic rings. The highest BCUT2D eigenvalue weighted by Gasteiger charge is 2.06. The highest BCUT2D eigenvalue weighted by Crippen LogP contribution is 2.26. The molecule has 0 aliphatic rings. The van der Waals surface area contributed by atoms with Crippen LogP contribution < -0.4 is 4.74 Å². The van der Waals surface area contributed by atoms with Crippen LogP contribution in [0.1, 0.15) is 45.1 Å². The van der Waals surface area contributed by atoms with Gasteiger partial charge in [0, 0.05) is 0 Å². The number of halogens is 1. The average molecular weight is 300 g/mol. The first-order valence-corrected chi connectivity index (χ1v) is 8.26. The molecule has 0 bridgehead atoms. The second kappa shape index (κ2) is 8.57. The van der Waals surface area contributed by atoms with Crippen LogP contribution in [-0.4, -0.2) is 6.61 Å². The standard InChI is InChI=1S/C20H25FO/c1-3-5-6-7-14-22-20-13-12-18(15-19(20)21)17-10-8-16(4-2)9-11-17/h8-13,15H,3-7,14H2,1-2H3. The molecular weight excluding hydrogens is 275 g/mol. The maximum absolute atomic E-state index is 14.1. The molecule has 0 atom stereocenters. The lowest BCUT2D eigenvalue weighted by Gasteiger charge is -2.09. The maximum atomic E-state index is 14.1. The van der Waals surface area contributed by atoms with Gasteiger partial charge in [-0.3, -0.25) is 0 Å². The van der Waals surface area contributed by atoms with Crippen LogP contribution in [0.4, 0.5) is 4.39 Å². The van der Waals surface area contributed by atoms with Crippen LogP contribution >= 0.6 is 0 Å². The first-order chi connectivity index (χ1) is 10.7. The molecular formula is C20H25FO.